The molecule has 0 spiro atoms. The molecule has 2 nitrogen and oxygen atoms in total. The van der Waals surface area contributed by atoms with Gasteiger partial charge in [-0.15, -0.1) is 0 Å². The molecular formula is C14H12F2O2. The van der Waals surface area contributed by atoms with Gasteiger partial charge in [-0.2, -0.15) is 0 Å². The van der Waals surface area contributed by atoms with E-state index in [2.05, 4.69) is 0 Å². The van der Waals surface area contributed by atoms with Crippen LogP contribution in [0.5, 0.6) is 5.75 Å². The first-order valence-electron chi connectivity index (χ1n) is 5.45. The van der Waals surface area contributed by atoms with Gasteiger partial charge in [-0.05, 0) is 35.4 Å². The van der Waals surface area contributed by atoms with Crippen molar-refractivity contribution in [1.82, 2.24) is 0 Å². The van der Waals surface area contributed by atoms with Gasteiger partial charge in [0.2, 0.25) is 0 Å². The Hall–Kier alpha value is -1.94. The molecule has 0 aliphatic carbocycles. The van der Waals surface area contributed by atoms with E-state index in [0.29, 0.717) is 11.3 Å². The number of aliphatic hydroxyl groups is 1. The maximum Gasteiger partial charge on any atom is 0.127 e. The van der Waals surface area contributed by atoms with Gasteiger partial charge in [0.1, 0.15) is 24.0 Å². The molecule has 0 aromatic heterocycles. The highest BCUT2D eigenvalue weighted by Gasteiger charge is 2.02. The van der Waals surface area contributed by atoms with Gasteiger partial charge in [0.05, 0.1) is 6.61 Å². The zero-order valence-electron chi connectivity index (χ0n) is 9.57. The van der Waals surface area contributed by atoms with Crippen molar-refractivity contribution < 1.29 is 18.6 Å². The first-order valence-corrected chi connectivity index (χ1v) is 5.45. The molecule has 0 bridgehead atoms. The fourth-order valence-electron chi connectivity index (χ4n) is 1.54. The lowest BCUT2D eigenvalue weighted by molar-refractivity contribution is 0.276. The van der Waals surface area contributed by atoms with E-state index in [1.807, 2.05) is 0 Å². The largest absolute Gasteiger partial charge is 0.489 e. The molecule has 0 saturated carbocycles. The van der Waals surface area contributed by atoms with Gasteiger partial charge in [0.15, 0.2) is 0 Å². The van der Waals surface area contributed by atoms with Crippen molar-refractivity contribution in [2.45, 2.75) is 13.2 Å². The summed E-state index contributed by atoms with van der Waals surface area (Å²) in [6.45, 7) is -0.0285. The predicted molar refractivity (Wildman–Crippen MR) is 63.1 cm³/mol. The second-order valence-electron chi connectivity index (χ2n) is 3.87. The molecule has 2 aromatic rings. The summed E-state index contributed by atoms with van der Waals surface area (Å²) in [4.78, 5) is 0. The lowest BCUT2D eigenvalue weighted by Gasteiger charge is -2.08. The molecule has 0 aliphatic rings. The van der Waals surface area contributed by atoms with Crippen LogP contribution in [0, 0.1) is 11.6 Å². The van der Waals surface area contributed by atoms with Crippen LogP contribution in [0.3, 0.4) is 0 Å². The Morgan fingerprint density at radius 2 is 1.61 bits per heavy atom. The molecule has 18 heavy (non-hydrogen) atoms. The minimum atomic E-state index is -0.462. The Balaban J connectivity index is 2.05. The van der Waals surface area contributed by atoms with Gasteiger partial charge in [-0.3, -0.25) is 0 Å². The van der Waals surface area contributed by atoms with E-state index in [0.717, 1.165) is 5.56 Å². The summed E-state index contributed by atoms with van der Waals surface area (Å²) in [5.41, 5.74) is 1.23. The highest BCUT2D eigenvalue weighted by Crippen LogP contribution is 2.18. The summed E-state index contributed by atoms with van der Waals surface area (Å²) >= 11 is 0. The predicted octanol–water partition coefficient (Wildman–Crippen LogP) is 3.04. The number of hydrogen-bond donors (Lipinski definition) is 1. The monoisotopic (exact) mass is 250 g/mol. The summed E-state index contributed by atoms with van der Waals surface area (Å²) in [6.07, 6.45) is 0. The SMILES string of the molecule is OCc1cc(F)cc(OCc2ccc(F)cc2)c1. The van der Waals surface area contributed by atoms with Crippen molar-refractivity contribution in [3.63, 3.8) is 0 Å². The van der Waals surface area contributed by atoms with Gasteiger partial charge in [-0.25, -0.2) is 8.78 Å². The quantitative estimate of drug-likeness (QED) is 0.903. The molecule has 0 radical (unpaired) electrons. The van der Waals surface area contributed by atoms with Crippen molar-refractivity contribution >= 4 is 0 Å². The maximum atomic E-state index is 13.2. The third-order valence-electron chi connectivity index (χ3n) is 2.43. The standard InChI is InChI=1S/C14H12F2O2/c15-12-3-1-10(2-4-12)9-18-14-6-11(8-17)5-13(16)7-14/h1-7,17H,8-9H2. The number of hydrogen-bond acceptors (Lipinski definition) is 2. The van der Waals surface area contributed by atoms with Crippen LogP contribution < -0.4 is 4.74 Å². The van der Waals surface area contributed by atoms with Crippen molar-refractivity contribution in [1.29, 1.82) is 0 Å². The summed E-state index contributed by atoms with van der Waals surface area (Å²) in [5.74, 6) is -0.439. The van der Waals surface area contributed by atoms with Crippen LogP contribution in [0.2, 0.25) is 0 Å². The van der Waals surface area contributed by atoms with E-state index in [1.165, 1.54) is 24.3 Å². The fraction of sp³-hybridized carbons (Fsp3) is 0.143. The van der Waals surface area contributed by atoms with Crippen LogP contribution >= 0.6 is 0 Å². The Morgan fingerprint density at radius 1 is 0.889 bits per heavy atom. The summed E-state index contributed by atoms with van der Waals surface area (Å²) in [6, 6.07) is 9.91. The van der Waals surface area contributed by atoms with Crippen LogP contribution in [0.25, 0.3) is 0 Å². The number of halogens is 2. The van der Waals surface area contributed by atoms with Gasteiger partial charge in [0.25, 0.3) is 0 Å². The first kappa shape index (κ1) is 12.5. The van der Waals surface area contributed by atoms with Crippen molar-refractivity contribution in [2.75, 3.05) is 0 Å². The lowest BCUT2D eigenvalue weighted by Crippen LogP contribution is -1.97. The third-order valence-corrected chi connectivity index (χ3v) is 2.43. The van der Waals surface area contributed by atoms with Crippen molar-refractivity contribution in [3.05, 3.63) is 65.2 Å². The second kappa shape index (κ2) is 5.60. The Bertz CT molecular complexity index is 524. The first-order chi connectivity index (χ1) is 8.67. The number of benzene rings is 2. The molecule has 94 valence electrons. The van der Waals surface area contributed by atoms with Crippen molar-refractivity contribution in [3.8, 4) is 5.75 Å². The molecule has 0 heterocycles. The topological polar surface area (TPSA) is 29.5 Å². The Labute approximate surface area is 103 Å². The van der Waals surface area contributed by atoms with Crippen LogP contribution in [-0.2, 0) is 13.2 Å². The van der Waals surface area contributed by atoms with Gasteiger partial charge < -0.3 is 9.84 Å². The molecule has 2 aromatic carbocycles. The number of ether oxygens (including phenoxy) is 1. The van der Waals surface area contributed by atoms with E-state index in [-0.39, 0.29) is 19.0 Å². The van der Waals surface area contributed by atoms with E-state index in [9.17, 15) is 8.78 Å². The van der Waals surface area contributed by atoms with E-state index in [4.69, 9.17) is 9.84 Å². The average Bonchev–Trinajstić information content (AvgIpc) is 2.37. The van der Waals surface area contributed by atoms with E-state index in [1.54, 1.807) is 18.2 Å². The van der Waals surface area contributed by atoms with Crippen LogP contribution in [0.15, 0.2) is 42.5 Å². The van der Waals surface area contributed by atoms with Gasteiger partial charge >= 0.3 is 0 Å². The van der Waals surface area contributed by atoms with E-state index >= 15 is 0 Å². The zero-order valence-corrected chi connectivity index (χ0v) is 9.57. The molecule has 0 saturated heterocycles. The van der Waals surface area contributed by atoms with Crippen LogP contribution in [-0.4, -0.2) is 5.11 Å². The summed E-state index contributed by atoms with van der Waals surface area (Å²) in [7, 11) is 0. The molecule has 0 fully saturated rings. The molecule has 4 heteroatoms. The minimum absolute atomic E-state index is 0.217. The molecule has 1 N–H and O–H groups in total. The fourth-order valence-corrected chi connectivity index (χ4v) is 1.54. The highest BCUT2D eigenvalue weighted by atomic mass is 19.1. The molecule has 0 aliphatic heterocycles. The normalized spacial score (nSPS) is 10.4. The maximum absolute atomic E-state index is 13.2. The van der Waals surface area contributed by atoms with E-state index < -0.39 is 5.82 Å². The van der Waals surface area contributed by atoms with Gasteiger partial charge in [-0.1, -0.05) is 12.1 Å². The molecule has 0 unspecified atom stereocenters. The van der Waals surface area contributed by atoms with Crippen molar-refractivity contribution in [2.24, 2.45) is 0 Å². The molecular weight excluding hydrogens is 238 g/mol. The number of aliphatic hydroxyl groups excluding tert-OH is 1. The number of rotatable bonds is 4. The smallest absolute Gasteiger partial charge is 0.127 e. The van der Waals surface area contributed by atoms with Gasteiger partial charge in [0, 0.05) is 6.07 Å². The molecule has 0 atom stereocenters. The molecule has 2 rings (SSSR count). The van der Waals surface area contributed by atoms with Crippen LogP contribution in [0.1, 0.15) is 11.1 Å². The Kier molecular flexibility index (Phi) is 3.89. The Morgan fingerprint density at radius 3 is 2.28 bits per heavy atom. The third kappa shape index (κ3) is 3.28. The zero-order chi connectivity index (χ0) is 13.0. The summed E-state index contributed by atoms with van der Waals surface area (Å²) < 4.78 is 31.2. The minimum Gasteiger partial charge on any atom is -0.489 e. The highest BCUT2D eigenvalue weighted by molar-refractivity contribution is 5.29. The molecule has 0 amide bonds. The summed E-state index contributed by atoms with van der Waals surface area (Å²) in [5, 5.41) is 8.94. The second-order valence-corrected chi connectivity index (χ2v) is 3.87. The average molecular weight is 250 g/mol. The van der Waals surface area contributed by atoms with Crippen LogP contribution in [0.4, 0.5) is 8.78 Å². The lowest BCUT2D eigenvalue weighted by atomic mass is 10.2.